The molecule has 0 aliphatic carbocycles. The molecule has 0 fully saturated rings. The van der Waals surface area contributed by atoms with E-state index < -0.39 is 5.97 Å². The van der Waals surface area contributed by atoms with Gasteiger partial charge >= 0.3 is 5.97 Å². The van der Waals surface area contributed by atoms with Crippen LogP contribution in [0.2, 0.25) is 5.02 Å². The van der Waals surface area contributed by atoms with Crippen molar-refractivity contribution in [3.05, 3.63) is 47.2 Å². The largest absolute Gasteiger partial charge is 0.481 e. The molecule has 1 aromatic carbocycles. The SMILES string of the molecule is O=C(O)CCc1ccnc(-c2ccc(Cl)cc2)n1. The average Bonchev–Trinajstić information content (AvgIpc) is 2.37. The molecule has 4 nitrogen and oxygen atoms in total. The molecule has 92 valence electrons. The summed E-state index contributed by atoms with van der Waals surface area (Å²) in [6.07, 6.45) is 2.10. The molecule has 0 atom stereocenters. The number of hydrogen-bond acceptors (Lipinski definition) is 3. The number of nitrogens with zero attached hydrogens (tertiary/aromatic N) is 2. The molecule has 0 saturated heterocycles. The van der Waals surface area contributed by atoms with Gasteiger partial charge < -0.3 is 5.11 Å². The summed E-state index contributed by atoms with van der Waals surface area (Å²) in [6.45, 7) is 0. The van der Waals surface area contributed by atoms with Gasteiger partial charge in [0.2, 0.25) is 0 Å². The molecular weight excluding hydrogens is 252 g/mol. The third-order valence-electron chi connectivity index (χ3n) is 2.41. The maximum Gasteiger partial charge on any atom is 0.303 e. The molecule has 0 bridgehead atoms. The maximum absolute atomic E-state index is 10.5. The second-order valence-electron chi connectivity index (χ2n) is 3.77. The van der Waals surface area contributed by atoms with Crippen LogP contribution in [0, 0.1) is 0 Å². The van der Waals surface area contributed by atoms with Crippen LogP contribution in [0.15, 0.2) is 36.5 Å². The third kappa shape index (κ3) is 3.28. The first-order valence-electron chi connectivity index (χ1n) is 5.45. The fourth-order valence-corrected chi connectivity index (χ4v) is 1.63. The number of aromatic nitrogens is 2. The molecule has 1 N–H and O–H groups in total. The lowest BCUT2D eigenvalue weighted by Crippen LogP contribution is -2.00. The number of carboxylic acids is 1. The normalized spacial score (nSPS) is 10.3. The minimum atomic E-state index is -0.832. The summed E-state index contributed by atoms with van der Waals surface area (Å²) < 4.78 is 0. The van der Waals surface area contributed by atoms with Crippen LogP contribution in [0.1, 0.15) is 12.1 Å². The maximum atomic E-state index is 10.5. The molecule has 1 aromatic heterocycles. The molecular formula is C13H11ClN2O2. The molecule has 0 aliphatic heterocycles. The lowest BCUT2D eigenvalue weighted by molar-refractivity contribution is -0.136. The molecule has 1 heterocycles. The molecule has 2 aromatic rings. The van der Waals surface area contributed by atoms with Gasteiger partial charge in [0, 0.05) is 28.9 Å². The van der Waals surface area contributed by atoms with E-state index in [2.05, 4.69) is 9.97 Å². The van der Waals surface area contributed by atoms with Crippen LogP contribution in [-0.4, -0.2) is 21.0 Å². The van der Waals surface area contributed by atoms with E-state index in [0.29, 0.717) is 17.3 Å². The van der Waals surface area contributed by atoms with Gasteiger partial charge in [-0.05, 0) is 30.3 Å². The zero-order chi connectivity index (χ0) is 13.0. The van der Waals surface area contributed by atoms with Crippen molar-refractivity contribution < 1.29 is 9.90 Å². The van der Waals surface area contributed by atoms with E-state index in [9.17, 15) is 4.79 Å². The zero-order valence-corrected chi connectivity index (χ0v) is 10.3. The molecule has 18 heavy (non-hydrogen) atoms. The number of rotatable bonds is 4. The quantitative estimate of drug-likeness (QED) is 0.920. The van der Waals surface area contributed by atoms with Crippen molar-refractivity contribution in [1.82, 2.24) is 9.97 Å². The highest BCUT2D eigenvalue weighted by Crippen LogP contribution is 2.18. The summed E-state index contributed by atoms with van der Waals surface area (Å²) in [4.78, 5) is 19.0. The summed E-state index contributed by atoms with van der Waals surface area (Å²) in [5, 5.41) is 9.29. The highest BCUT2D eigenvalue weighted by molar-refractivity contribution is 6.30. The van der Waals surface area contributed by atoms with Crippen molar-refractivity contribution in [3.63, 3.8) is 0 Å². The van der Waals surface area contributed by atoms with Crippen LogP contribution in [0.5, 0.6) is 0 Å². The van der Waals surface area contributed by atoms with Gasteiger partial charge in [-0.25, -0.2) is 9.97 Å². The fourth-order valence-electron chi connectivity index (χ4n) is 1.51. The van der Waals surface area contributed by atoms with Gasteiger partial charge in [0.25, 0.3) is 0 Å². The second-order valence-corrected chi connectivity index (χ2v) is 4.21. The summed E-state index contributed by atoms with van der Waals surface area (Å²) in [6, 6.07) is 8.92. The van der Waals surface area contributed by atoms with E-state index >= 15 is 0 Å². The van der Waals surface area contributed by atoms with Crippen molar-refractivity contribution in [1.29, 1.82) is 0 Å². The first-order valence-corrected chi connectivity index (χ1v) is 5.82. The lowest BCUT2D eigenvalue weighted by atomic mass is 10.2. The zero-order valence-electron chi connectivity index (χ0n) is 9.51. The Kier molecular flexibility index (Phi) is 3.89. The predicted octanol–water partition coefficient (Wildman–Crippen LogP) is 2.81. The second kappa shape index (κ2) is 5.60. The molecule has 0 saturated carbocycles. The van der Waals surface area contributed by atoms with Gasteiger partial charge in [-0.2, -0.15) is 0 Å². The van der Waals surface area contributed by atoms with Gasteiger partial charge in [-0.3, -0.25) is 4.79 Å². The first kappa shape index (κ1) is 12.5. The van der Waals surface area contributed by atoms with E-state index in [0.717, 1.165) is 11.3 Å². The molecule has 0 amide bonds. The van der Waals surface area contributed by atoms with Crippen molar-refractivity contribution in [3.8, 4) is 11.4 Å². The number of hydrogen-bond donors (Lipinski definition) is 1. The highest BCUT2D eigenvalue weighted by atomic mass is 35.5. The van der Waals surface area contributed by atoms with Crippen LogP contribution in [0.4, 0.5) is 0 Å². The summed E-state index contributed by atoms with van der Waals surface area (Å²) in [5.74, 6) is -0.254. The Morgan fingerprint density at radius 1 is 1.22 bits per heavy atom. The van der Waals surface area contributed by atoms with Crippen molar-refractivity contribution in [2.24, 2.45) is 0 Å². The Morgan fingerprint density at radius 3 is 2.61 bits per heavy atom. The topological polar surface area (TPSA) is 63.1 Å². The fraction of sp³-hybridized carbons (Fsp3) is 0.154. The van der Waals surface area contributed by atoms with Gasteiger partial charge in [0.15, 0.2) is 5.82 Å². The number of halogens is 1. The van der Waals surface area contributed by atoms with Crippen molar-refractivity contribution >= 4 is 17.6 Å². The molecule has 2 rings (SSSR count). The molecule has 5 heteroatoms. The summed E-state index contributed by atoms with van der Waals surface area (Å²) in [5.41, 5.74) is 1.58. The summed E-state index contributed by atoms with van der Waals surface area (Å²) >= 11 is 5.81. The van der Waals surface area contributed by atoms with Crippen LogP contribution >= 0.6 is 11.6 Å². The Labute approximate surface area is 109 Å². The smallest absolute Gasteiger partial charge is 0.303 e. The highest BCUT2D eigenvalue weighted by Gasteiger charge is 2.04. The number of aliphatic carboxylic acids is 1. The van der Waals surface area contributed by atoms with Crippen LogP contribution in [0.25, 0.3) is 11.4 Å². The van der Waals surface area contributed by atoms with Gasteiger partial charge in [0.1, 0.15) is 0 Å². The minimum absolute atomic E-state index is 0.0665. The van der Waals surface area contributed by atoms with E-state index in [1.54, 1.807) is 24.4 Å². The Balaban J connectivity index is 2.21. The first-order chi connectivity index (χ1) is 8.65. The van der Waals surface area contributed by atoms with Crippen LogP contribution < -0.4 is 0 Å². The predicted molar refractivity (Wildman–Crippen MR) is 68.4 cm³/mol. The number of carboxylic acid groups (broad SMARTS) is 1. The summed E-state index contributed by atoms with van der Waals surface area (Å²) in [7, 11) is 0. The van der Waals surface area contributed by atoms with Crippen molar-refractivity contribution in [2.45, 2.75) is 12.8 Å². The Hall–Kier alpha value is -1.94. The number of carbonyl (C=O) groups is 1. The van der Waals surface area contributed by atoms with E-state index in [1.165, 1.54) is 0 Å². The molecule has 0 spiro atoms. The number of benzene rings is 1. The van der Waals surface area contributed by atoms with Crippen LogP contribution in [-0.2, 0) is 11.2 Å². The third-order valence-corrected chi connectivity index (χ3v) is 2.66. The van der Waals surface area contributed by atoms with E-state index in [-0.39, 0.29) is 6.42 Å². The molecule has 0 radical (unpaired) electrons. The Bertz CT molecular complexity index is 555. The van der Waals surface area contributed by atoms with Crippen molar-refractivity contribution in [2.75, 3.05) is 0 Å². The Morgan fingerprint density at radius 2 is 1.94 bits per heavy atom. The van der Waals surface area contributed by atoms with E-state index in [1.807, 2.05) is 12.1 Å². The standard InChI is InChI=1S/C13H11ClN2O2/c14-10-3-1-9(2-4-10)13-15-8-7-11(16-13)5-6-12(17)18/h1-4,7-8H,5-6H2,(H,17,18). The lowest BCUT2D eigenvalue weighted by Gasteiger charge is -2.03. The van der Waals surface area contributed by atoms with Gasteiger partial charge in [-0.1, -0.05) is 11.6 Å². The van der Waals surface area contributed by atoms with Gasteiger partial charge in [-0.15, -0.1) is 0 Å². The monoisotopic (exact) mass is 262 g/mol. The minimum Gasteiger partial charge on any atom is -0.481 e. The average molecular weight is 263 g/mol. The van der Waals surface area contributed by atoms with Gasteiger partial charge in [0.05, 0.1) is 6.42 Å². The van der Waals surface area contributed by atoms with Crippen LogP contribution in [0.3, 0.4) is 0 Å². The number of aryl methyl sites for hydroxylation is 1. The van der Waals surface area contributed by atoms with E-state index in [4.69, 9.17) is 16.7 Å². The molecule has 0 aliphatic rings. The molecule has 0 unspecified atom stereocenters.